The summed E-state index contributed by atoms with van der Waals surface area (Å²) in [6.45, 7) is 0.747. The van der Waals surface area contributed by atoms with E-state index in [0.29, 0.717) is 31.6 Å². The second-order valence-corrected chi connectivity index (χ2v) is 7.62. The normalized spacial score (nSPS) is 12.8. The van der Waals surface area contributed by atoms with Crippen LogP contribution in [0.15, 0.2) is 73.1 Å². The monoisotopic (exact) mass is 426 g/mol. The number of aromatic nitrogens is 2. The van der Waals surface area contributed by atoms with Crippen molar-refractivity contribution >= 4 is 28.5 Å². The van der Waals surface area contributed by atoms with Gasteiger partial charge in [-0.2, -0.15) is 0 Å². The second kappa shape index (κ2) is 8.55. The standard InChI is InChI=1S/C25H22N4O3/c30-24-12-7-18-15-20(10-11-21(18)28-24)32-14-13-26-25(31)17-5-8-19(9-6-17)29-16-27-22-3-1-2-4-23(22)29/h1-6,8-11,15-16H,7,12-14H2,(H,26,31)(H,28,30). The van der Waals surface area contributed by atoms with E-state index in [1.165, 1.54) is 0 Å². The van der Waals surface area contributed by atoms with Crippen molar-refractivity contribution in [2.75, 3.05) is 18.5 Å². The summed E-state index contributed by atoms with van der Waals surface area (Å²) in [5, 5.41) is 5.73. The molecule has 0 saturated carbocycles. The van der Waals surface area contributed by atoms with Gasteiger partial charge in [0.25, 0.3) is 5.91 Å². The lowest BCUT2D eigenvalue weighted by Crippen LogP contribution is -2.28. The van der Waals surface area contributed by atoms with Gasteiger partial charge >= 0.3 is 0 Å². The summed E-state index contributed by atoms with van der Waals surface area (Å²) in [6, 6.07) is 21.0. The first-order valence-corrected chi connectivity index (χ1v) is 10.5. The fraction of sp³-hybridized carbons (Fsp3) is 0.160. The van der Waals surface area contributed by atoms with Gasteiger partial charge in [-0.15, -0.1) is 0 Å². The van der Waals surface area contributed by atoms with Crippen LogP contribution in [0, 0.1) is 0 Å². The number of nitrogens with zero attached hydrogens (tertiary/aromatic N) is 2. The first-order valence-electron chi connectivity index (χ1n) is 10.5. The molecule has 7 heteroatoms. The van der Waals surface area contributed by atoms with Gasteiger partial charge in [-0.05, 0) is 66.6 Å². The Bertz CT molecular complexity index is 1290. The van der Waals surface area contributed by atoms with Crippen molar-refractivity contribution in [3.63, 3.8) is 0 Å². The van der Waals surface area contributed by atoms with Crippen molar-refractivity contribution in [1.29, 1.82) is 0 Å². The second-order valence-electron chi connectivity index (χ2n) is 7.62. The molecule has 0 radical (unpaired) electrons. The van der Waals surface area contributed by atoms with E-state index in [4.69, 9.17) is 4.74 Å². The van der Waals surface area contributed by atoms with E-state index in [1.807, 2.05) is 59.2 Å². The molecule has 7 nitrogen and oxygen atoms in total. The summed E-state index contributed by atoms with van der Waals surface area (Å²) in [5.74, 6) is 0.621. The predicted molar refractivity (Wildman–Crippen MR) is 122 cm³/mol. The number of carbonyl (C=O) groups is 2. The van der Waals surface area contributed by atoms with Crippen LogP contribution in [-0.4, -0.2) is 34.5 Å². The van der Waals surface area contributed by atoms with Gasteiger partial charge in [0.05, 0.1) is 17.6 Å². The number of para-hydroxylation sites is 2. The number of amides is 2. The Morgan fingerprint density at radius 2 is 1.91 bits per heavy atom. The zero-order valence-corrected chi connectivity index (χ0v) is 17.4. The highest BCUT2D eigenvalue weighted by Gasteiger charge is 2.15. The summed E-state index contributed by atoms with van der Waals surface area (Å²) < 4.78 is 7.75. The van der Waals surface area contributed by atoms with E-state index in [1.54, 1.807) is 18.5 Å². The maximum absolute atomic E-state index is 12.5. The molecule has 32 heavy (non-hydrogen) atoms. The summed E-state index contributed by atoms with van der Waals surface area (Å²) in [4.78, 5) is 28.3. The van der Waals surface area contributed by atoms with Gasteiger partial charge in [0.2, 0.25) is 5.91 Å². The van der Waals surface area contributed by atoms with E-state index in [2.05, 4.69) is 15.6 Å². The largest absolute Gasteiger partial charge is 0.492 e. The van der Waals surface area contributed by atoms with Gasteiger partial charge in [-0.1, -0.05) is 12.1 Å². The molecule has 1 aliphatic heterocycles. The molecule has 2 N–H and O–H groups in total. The molecule has 0 fully saturated rings. The number of carbonyl (C=O) groups excluding carboxylic acids is 2. The molecular formula is C25H22N4O3. The Morgan fingerprint density at radius 1 is 1.06 bits per heavy atom. The van der Waals surface area contributed by atoms with Crippen molar-refractivity contribution in [3.05, 3.63) is 84.2 Å². The van der Waals surface area contributed by atoms with E-state index >= 15 is 0 Å². The molecule has 3 aromatic carbocycles. The van der Waals surface area contributed by atoms with Crippen molar-refractivity contribution < 1.29 is 14.3 Å². The highest BCUT2D eigenvalue weighted by atomic mass is 16.5. The van der Waals surface area contributed by atoms with Gasteiger partial charge in [0.15, 0.2) is 0 Å². The number of hydrogen-bond donors (Lipinski definition) is 2. The Hall–Kier alpha value is -4.13. The number of hydrogen-bond acceptors (Lipinski definition) is 4. The minimum Gasteiger partial charge on any atom is -0.492 e. The lowest BCUT2D eigenvalue weighted by molar-refractivity contribution is -0.116. The summed E-state index contributed by atoms with van der Waals surface area (Å²) >= 11 is 0. The average Bonchev–Trinajstić information content (AvgIpc) is 3.26. The molecule has 0 atom stereocenters. The number of anilines is 1. The Morgan fingerprint density at radius 3 is 2.78 bits per heavy atom. The number of rotatable bonds is 6. The third-order valence-electron chi connectivity index (χ3n) is 5.49. The lowest BCUT2D eigenvalue weighted by Gasteiger charge is -2.17. The predicted octanol–water partition coefficient (Wildman–Crippen LogP) is 3.72. The van der Waals surface area contributed by atoms with Gasteiger partial charge in [0, 0.05) is 23.4 Å². The van der Waals surface area contributed by atoms with Gasteiger partial charge in [0.1, 0.15) is 18.7 Å². The van der Waals surface area contributed by atoms with Crippen LogP contribution < -0.4 is 15.4 Å². The molecule has 0 aliphatic carbocycles. The van der Waals surface area contributed by atoms with Crippen molar-refractivity contribution in [1.82, 2.24) is 14.9 Å². The van der Waals surface area contributed by atoms with Crippen molar-refractivity contribution in [2.24, 2.45) is 0 Å². The minimum atomic E-state index is -0.149. The lowest BCUT2D eigenvalue weighted by atomic mass is 10.0. The molecule has 0 saturated heterocycles. The molecule has 1 aromatic heterocycles. The van der Waals surface area contributed by atoms with Crippen LogP contribution in [0.3, 0.4) is 0 Å². The Labute approximate surface area is 185 Å². The smallest absolute Gasteiger partial charge is 0.251 e. The molecule has 2 heterocycles. The van der Waals surface area contributed by atoms with Crippen molar-refractivity contribution in [3.8, 4) is 11.4 Å². The maximum Gasteiger partial charge on any atom is 0.251 e. The van der Waals surface area contributed by atoms with E-state index < -0.39 is 0 Å². The summed E-state index contributed by atoms with van der Waals surface area (Å²) in [7, 11) is 0. The van der Waals surface area contributed by atoms with Crippen LogP contribution in [0.4, 0.5) is 5.69 Å². The number of aryl methyl sites for hydroxylation is 1. The Kier molecular flexibility index (Phi) is 5.29. The van der Waals surface area contributed by atoms with E-state index in [0.717, 1.165) is 33.7 Å². The zero-order chi connectivity index (χ0) is 21.9. The summed E-state index contributed by atoms with van der Waals surface area (Å²) in [6.07, 6.45) is 2.98. The topological polar surface area (TPSA) is 85.2 Å². The van der Waals surface area contributed by atoms with Gasteiger partial charge in [-0.3, -0.25) is 14.2 Å². The fourth-order valence-electron chi connectivity index (χ4n) is 3.82. The third kappa shape index (κ3) is 4.05. The highest BCUT2D eigenvalue weighted by Crippen LogP contribution is 2.26. The van der Waals surface area contributed by atoms with Crippen LogP contribution in [0.2, 0.25) is 0 Å². The first-order chi connectivity index (χ1) is 15.7. The molecule has 2 amide bonds. The van der Waals surface area contributed by atoms with E-state index in [9.17, 15) is 9.59 Å². The average molecular weight is 426 g/mol. The van der Waals surface area contributed by atoms with Crippen LogP contribution >= 0.6 is 0 Å². The number of nitrogens with one attached hydrogen (secondary N) is 2. The molecule has 5 rings (SSSR count). The molecule has 4 aromatic rings. The third-order valence-corrected chi connectivity index (χ3v) is 5.49. The van der Waals surface area contributed by atoms with Crippen LogP contribution in [0.1, 0.15) is 22.3 Å². The SMILES string of the molecule is O=C1CCc2cc(OCCNC(=O)c3ccc(-n4cnc5ccccc54)cc3)ccc2N1. The molecule has 0 unspecified atom stereocenters. The molecule has 0 bridgehead atoms. The number of benzene rings is 3. The fourth-order valence-corrected chi connectivity index (χ4v) is 3.82. The van der Waals surface area contributed by atoms with Crippen LogP contribution in [0.5, 0.6) is 5.75 Å². The van der Waals surface area contributed by atoms with Crippen molar-refractivity contribution in [2.45, 2.75) is 12.8 Å². The molecule has 0 spiro atoms. The maximum atomic E-state index is 12.5. The molecule has 1 aliphatic rings. The Balaban J connectivity index is 1.15. The summed E-state index contributed by atoms with van der Waals surface area (Å²) in [5.41, 5.74) is 5.39. The minimum absolute atomic E-state index is 0.0419. The molecular weight excluding hydrogens is 404 g/mol. The van der Waals surface area contributed by atoms with Gasteiger partial charge < -0.3 is 15.4 Å². The van der Waals surface area contributed by atoms with Gasteiger partial charge in [-0.25, -0.2) is 4.98 Å². The number of ether oxygens (including phenoxy) is 1. The molecule has 160 valence electrons. The first kappa shape index (κ1) is 19.8. The number of imidazole rings is 1. The zero-order valence-electron chi connectivity index (χ0n) is 17.4. The van der Waals surface area contributed by atoms with Crippen LogP contribution in [-0.2, 0) is 11.2 Å². The van der Waals surface area contributed by atoms with E-state index in [-0.39, 0.29) is 11.8 Å². The highest BCUT2D eigenvalue weighted by molar-refractivity contribution is 5.94. The van der Waals surface area contributed by atoms with Crippen LogP contribution in [0.25, 0.3) is 16.7 Å². The number of fused-ring (bicyclic) bond motifs is 2. The quantitative estimate of drug-likeness (QED) is 0.460.